The maximum Gasteiger partial charge on any atom is 0.416 e. The van der Waals surface area contributed by atoms with Crippen LogP contribution in [0.4, 0.5) is 13.2 Å². The highest BCUT2D eigenvalue weighted by molar-refractivity contribution is 8.39. The summed E-state index contributed by atoms with van der Waals surface area (Å²) in [4.78, 5) is 18.6. The topological polar surface area (TPSA) is 32.7 Å². The minimum atomic E-state index is -4.38. The molecule has 0 radical (unpaired) electrons. The maximum absolute atomic E-state index is 12.6. The fourth-order valence-corrected chi connectivity index (χ4v) is 5.10. The zero-order chi connectivity index (χ0) is 17.9. The van der Waals surface area contributed by atoms with Gasteiger partial charge in [-0.05, 0) is 43.0 Å². The summed E-state index contributed by atoms with van der Waals surface area (Å²) in [5, 5.41) is 0. The quantitative estimate of drug-likeness (QED) is 0.770. The van der Waals surface area contributed by atoms with Gasteiger partial charge in [0.15, 0.2) is 0 Å². The van der Waals surface area contributed by atoms with Gasteiger partial charge in [0, 0.05) is 30.2 Å². The van der Waals surface area contributed by atoms with Crippen LogP contribution >= 0.6 is 23.5 Å². The summed E-state index contributed by atoms with van der Waals surface area (Å²) in [6.07, 6.45) is -2.52. The number of hydrogen-bond acceptors (Lipinski definition) is 4. The number of rotatable bonds is 3. The fourth-order valence-electron chi connectivity index (χ4n) is 2.88. The second-order valence-corrected chi connectivity index (χ2v) is 8.47. The minimum absolute atomic E-state index is 0.185. The fraction of sp³-hybridized carbons (Fsp3) is 0.529. The first-order chi connectivity index (χ1) is 11.9. The predicted molar refractivity (Wildman–Crippen MR) is 97.3 cm³/mol. The number of amides is 1. The average molecular weight is 388 g/mol. The van der Waals surface area contributed by atoms with Gasteiger partial charge in [-0.15, -0.1) is 0 Å². The molecule has 1 fully saturated rings. The Bertz CT molecular complexity index is 638. The van der Waals surface area contributed by atoms with Gasteiger partial charge in [0.2, 0.25) is 0 Å². The third-order valence-electron chi connectivity index (χ3n) is 4.36. The number of alkyl halides is 3. The number of carbonyl (C=O) groups is 1. The van der Waals surface area contributed by atoms with Crippen molar-refractivity contribution < 1.29 is 18.0 Å². The predicted octanol–water partition coefficient (Wildman–Crippen LogP) is 4.39. The molecule has 2 aliphatic rings. The highest BCUT2D eigenvalue weighted by Gasteiger charge is 2.31. The molecule has 3 nitrogen and oxygen atoms in total. The number of likely N-dealkylation sites (tertiary alicyclic amines) is 1. The van der Waals surface area contributed by atoms with Gasteiger partial charge < -0.3 is 4.90 Å². The summed E-state index contributed by atoms with van der Waals surface area (Å²) in [6, 6.07) is 4.47. The number of hydrogen-bond donors (Lipinski definition) is 0. The summed E-state index contributed by atoms with van der Waals surface area (Å²) >= 11 is 3.61. The molecule has 1 aromatic rings. The van der Waals surface area contributed by atoms with Crippen LogP contribution in [0.1, 0.15) is 28.8 Å². The SMILES string of the molecule is O=C(c1ccc(C(F)(F)F)cc1)N1CCC(CSC2=NCCS2)CC1. The van der Waals surface area contributed by atoms with Crippen LogP contribution in [0, 0.1) is 5.92 Å². The second kappa shape index (κ2) is 8.03. The lowest BCUT2D eigenvalue weighted by atomic mass is 9.98. The standard InChI is InChI=1S/C17H19F3N2OS2/c18-17(19,20)14-3-1-13(2-4-14)15(23)22-8-5-12(6-9-22)11-25-16-21-7-10-24-16/h1-4,12H,5-11H2. The largest absolute Gasteiger partial charge is 0.416 e. The van der Waals surface area contributed by atoms with E-state index in [1.165, 1.54) is 16.5 Å². The number of halogens is 3. The molecule has 0 saturated carbocycles. The van der Waals surface area contributed by atoms with Crippen LogP contribution in [0.2, 0.25) is 0 Å². The van der Waals surface area contributed by atoms with Crippen molar-refractivity contribution in [2.75, 3.05) is 31.1 Å². The second-order valence-electron chi connectivity index (χ2n) is 6.12. The Balaban J connectivity index is 1.49. The third kappa shape index (κ3) is 4.94. The van der Waals surface area contributed by atoms with Gasteiger partial charge in [-0.25, -0.2) is 0 Å². The lowest BCUT2D eigenvalue weighted by molar-refractivity contribution is -0.137. The zero-order valence-electron chi connectivity index (χ0n) is 13.6. The van der Waals surface area contributed by atoms with E-state index in [1.54, 1.807) is 28.4 Å². The van der Waals surface area contributed by atoms with Crippen LogP contribution in [0.25, 0.3) is 0 Å². The molecule has 0 spiro atoms. The average Bonchev–Trinajstić information content (AvgIpc) is 3.13. The summed E-state index contributed by atoms with van der Waals surface area (Å²) in [7, 11) is 0. The molecule has 1 saturated heterocycles. The number of thioether (sulfide) groups is 2. The summed E-state index contributed by atoms with van der Waals surface area (Å²) in [6.45, 7) is 2.22. The van der Waals surface area contributed by atoms with Gasteiger partial charge in [-0.2, -0.15) is 13.2 Å². The van der Waals surface area contributed by atoms with Crippen molar-refractivity contribution in [1.82, 2.24) is 4.90 Å². The Kier molecular flexibility index (Phi) is 5.99. The molecule has 1 amide bonds. The van der Waals surface area contributed by atoms with Crippen molar-refractivity contribution >= 4 is 33.8 Å². The first-order valence-corrected chi connectivity index (χ1v) is 10.2. The van der Waals surface area contributed by atoms with E-state index in [9.17, 15) is 18.0 Å². The molecular weight excluding hydrogens is 369 g/mol. The van der Waals surface area contributed by atoms with E-state index < -0.39 is 11.7 Å². The Morgan fingerprint density at radius 2 is 1.92 bits per heavy atom. The van der Waals surface area contributed by atoms with Gasteiger partial charge in [-0.3, -0.25) is 9.79 Å². The van der Waals surface area contributed by atoms with E-state index >= 15 is 0 Å². The Morgan fingerprint density at radius 1 is 1.24 bits per heavy atom. The van der Waals surface area contributed by atoms with Crippen molar-refractivity contribution in [3.8, 4) is 0 Å². The molecular formula is C17H19F3N2OS2. The maximum atomic E-state index is 12.6. The van der Waals surface area contributed by atoms with Gasteiger partial charge in [-0.1, -0.05) is 23.5 Å². The van der Waals surface area contributed by atoms with E-state index in [0.29, 0.717) is 24.6 Å². The zero-order valence-corrected chi connectivity index (χ0v) is 15.2. The monoisotopic (exact) mass is 388 g/mol. The highest BCUT2D eigenvalue weighted by Crippen LogP contribution is 2.30. The van der Waals surface area contributed by atoms with E-state index in [2.05, 4.69) is 4.99 Å². The smallest absolute Gasteiger partial charge is 0.339 e. The van der Waals surface area contributed by atoms with Crippen LogP contribution in [0.15, 0.2) is 29.3 Å². The van der Waals surface area contributed by atoms with Gasteiger partial charge >= 0.3 is 6.18 Å². The molecule has 0 unspecified atom stereocenters. The molecule has 8 heteroatoms. The first kappa shape index (κ1) is 18.6. The summed E-state index contributed by atoms with van der Waals surface area (Å²) < 4.78 is 39.0. The molecule has 2 aliphatic heterocycles. The van der Waals surface area contributed by atoms with E-state index in [0.717, 1.165) is 43.0 Å². The minimum Gasteiger partial charge on any atom is -0.339 e. The van der Waals surface area contributed by atoms with Crippen molar-refractivity contribution in [3.63, 3.8) is 0 Å². The van der Waals surface area contributed by atoms with Crippen molar-refractivity contribution in [1.29, 1.82) is 0 Å². The Morgan fingerprint density at radius 3 is 2.48 bits per heavy atom. The number of aliphatic imine (C=N–C) groups is 1. The van der Waals surface area contributed by atoms with Crippen LogP contribution < -0.4 is 0 Å². The number of piperidine rings is 1. The molecule has 0 aromatic heterocycles. The van der Waals surface area contributed by atoms with Gasteiger partial charge in [0.25, 0.3) is 5.91 Å². The van der Waals surface area contributed by atoms with E-state index in [-0.39, 0.29) is 5.91 Å². The summed E-state index contributed by atoms with van der Waals surface area (Å²) in [5.74, 6) is 2.47. The van der Waals surface area contributed by atoms with Gasteiger partial charge in [0.05, 0.1) is 12.1 Å². The molecule has 2 heterocycles. The number of nitrogens with zero attached hydrogens (tertiary/aromatic N) is 2. The highest BCUT2D eigenvalue weighted by atomic mass is 32.2. The number of benzene rings is 1. The van der Waals surface area contributed by atoms with Gasteiger partial charge in [0.1, 0.15) is 4.38 Å². The van der Waals surface area contributed by atoms with E-state index in [1.807, 2.05) is 0 Å². The van der Waals surface area contributed by atoms with Crippen molar-refractivity contribution in [3.05, 3.63) is 35.4 Å². The van der Waals surface area contributed by atoms with Crippen molar-refractivity contribution in [2.45, 2.75) is 19.0 Å². The molecule has 0 bridgehead atoms. The van der Waals surface area contributed by atoms with E-state index in [4.69, 9.17) is 0 Å². The third-order valence-corrected chi connectivity index (χ3v) is 6.85. The van der Waals surface area contributed by atoms with Crippen molar-refractivity contribution in [2.24, 2.45) is 10.9 Å². The van der Waals surface area contributed by atoms with Crippen LogP contribution in [0.3, 0.4) is 0 Å². The number of carbonyl (C=O) groups excluding carboxylic acids is 1. The molecule has 0 N–H and O–H groups in total. The molecule has 1 aromatic carbocycles. The first-order valence-electron chi connectivity index (χ1n) is 8.20. The summed E-state index contributed by atoms with van der Waals surface area (Å²) in [5.41, 5.74) is -0.412. The van der Waals surface area contributed by atoms with Crippen LogP contribution in [-0.2, 0) is 6.18 Å². The molecule has 0 aliphatic carbocycles. The van der Waals surface area contributed by atoms with Crippen LogP contribution in [0.5, 0.6) is 0 Å². The molecule has 25 heavy (non-hydrogen) atoms. The molecule has 0 atom stereocenters. The lowest BCUT2D eigenvalue weighted by Gasteiger charge is -2.32. The molecule has 3 rings (SSSR count). The lowest BCUT2D eigenvalue weighted by Crippen LogP contribution is -2.39. The van der Waals surface area contributed by atoms with Crippen LogP contribution in [-0.4, -0.2) is 46.3 Å². The Hall–Kier alpha value is -1.15. The Labute approximate surface area is 153 Å². The molecule has 136 valence electrons. The normalized spacial score (nSPS) is 19.2.